The van der Waals surface area contributed by atoms with Gasteiger partial charge in [-0.1, -0.05) is 12.1 Å². The van der Waals surface area contributed by atoms with Crippen LogP contribution in [0.25, 0.3) is 0 Å². The molecule has 1 aliphatic rings. The molecule has 4 nitrogen and oxygen atoms in total. The van der Waals surface area contributed by atoms with Crippen molar-refractivity contribution in [2.24, 2.45) is 17.4 Å². The second-order valence-electron chi connectivity index (χ2n) is 5.59. The monoisotopic (exact) mass is 279 g/mol. The van der Waals surface area contributed by atoms with Gasteiger partial charge in [0.15, 0.2) is 0 Å². The largest absolute Gasteiger partial charge is 0.369 e. The SMILES string of the molecule is CC(N)C(c1ccc(F)cc1)N1CCCC(C(N)=O)C1. The van der Waals surface area contributed by atoms with E-state index in [0.29, 0.717) is 6.54 Å². The average molecular weight is 279 g/mol. The van der Waals surface area contributed by atoms with Gasteiger partial charge >= 0.3 is 0 Å². The Morgan fingerprint density at radius 1 is 1.40 bits per heavy atom. The molecular formula is C15H22FN3O. The van der Waals surface area contributed by atoms with Crippen LogP contribution in [0.5, 0.6) is 0 Å². The standard InChI is InChI=1S/C15H22FN3O/c1-10(17)14(11-4-6-13(16)7-5-11)19-8-2-3-12(9-19)15(18)20/h4-7,10,12,14H,2-3,8-9,17H2,1H3,(H2,18,20). The minimum absolute atomic E-state index is 0.0160. The van der Waals surface area contributed by atoms with Crippen molar-refractivity contribution in [3.63, 3.8) is 0 Å². The van der Waals surface area contributed by atoms with Gasteiger partial charge in [0.05, 0.1) is 5.92 Å². The molecule has 1 saturated heterocycles. The van der Waals surface area contributed by atoms with Crippen molar-refractivity contribution in [1.82, 2.24) is 4.90 Å². The van der Waals surface area contributed by atoms with Crippen LogP contribution >= 0.6 is 0 Å². The van der Waals surface area contributed by atoms with Gasteiger partial charge in [-0.25, -0.2) is 4.39 Å². The average Bonchev–Trinajstić information content (AvgIpc) is 2.41. The van der Waals surface area contributed by atoms with Crippen molar-refractivity contribution >= 4 is 5.91 Å². The Kier molecular flexibility index (Phi) is 4.73. The van der Waals surface area contributed by atoms with Gasteiger partial charge < -0.3 is 11.5 Å². The molecule has 0 radical (unpaired) electrons. The summed E-state index contributed by atoms with van der Waals surface area (Å²) in [4.78, 5) is 13.6. The molecule has 1 aliphatic heterocycles. The van der Waals surface area contributed by atoms with E-state index in [1.165, 1.54) is 12.1 Å². The molecule has 20 heavy (non-hydrogen) atoms. The third-order valence-corrected chi connectivity index (χ3v) is 3.96. The van der Waals surface area contributed by atoms with Crippen LogP contribution in [0.3, 0.4) is 0 Å². The van der Waals surface area contributed by atoms with Gasteiger partial charge in [-0.05, 0) is 44.0 Å². The van der Waals surface area contributed by atoms with Gasteiger partial charge in [-0.3, -0.25) is 9.69 Å². The summed E-state index contributed by atoms with van der Waals surface area (Å²) in [5.74, 6) is -0.631. The highest BCUT2D eigenvalue weighted by molar-refractivity contribution is 5.76. The number of primary amides is 1. The highest BCUT2D eigenvalue weighted by Gasteiger charge is 2.31. The number of amides is 1. The number of hydrogen-bond acceptors (Lipinski definition) is 3. The van der Waals surface area contributed by atoms with E-state index in [1.54, 1.807) is 12.1 Å². The number of carbonyl (C=O) groups is 1. The van der Waals surface area contributed by atoms with Crippen molar-refractivity contribution in [2.75, 3.05) is 13.1 Å². The molecule has 1 aromatic rings. The molecule has 1 amide bonds. The van der Waals surface area contributed by atoms with Crippen LogP contribution in [0.1, 0.15) is 31.4 Å². The second-order valence-corrected chi connectivity index (χ2v) is 5.59. The fourth-order valence-electron chi connectivity index (χ4n) is 3.00. The summed E-state index contributed by atoms with van der Waals surface area (Å²) in [6, 6.07) is 6.29. The zero-order valence-electron chi connectivity index (χ0n) is 11.8. The maximum Gasteiger partial charge on any atom is 0.221 e. The number of carbonyl (C=O) groups excluding carboxylic acids is 1. The maximum atomic E-state index is 13.1. The first-order chi connectivity index (χ1) is 9.49. The Morgan fingerprint density at radius 2 is 2.05 bits per heavy atom. The minimum atomic E-state index is -0.258. The van der Waals surface area contributed by atoms with Crippen LogP contribution in [0.2, 0.25) is 0 Å². The molecule has 0 saturated carbocycles. The molecule has 2 rings (SSSR count). The Bertz CT molecular complexity index is 461. The predicted octanol–water partition coefficient (Wildman–Crippen LogP) is 1.41. The summed E-state index contributed by atoms with van der Waals surface area (Å²) in [7, 11) is 0. The van der Waals surface area contributed by atoms with Crippen LogP contribution < -0.4 is 11.5 Å². The zero-order chi connectivity index (χ0) is 14.7. The number of benzene rings is 1. The summed E-state index contributed by atoms with van der Waals surface area (Å²) in [6.07, 6.45) is 1.76. The number of likely N-dealkylation sites (tertiary alicyclic amines) is 1. The molecule has 0 bridgehead atoms. The van der Waals surface area contributed by atoms with E-state index < -0.39 is 0 Å². The second kappa shape index (κ2) is 6.33. The fourth-order valence-corrected chi connectivity index (χ4v) is 3.00. The minimum Gasteiger partial charge on any atom is -0.369 e. The van der Waals surface area contributed by atoms with Gasteiger partial charge in [0.1, 0.15) is 5.82 Å². The van der Waals surface area contributed by atoms with Crippen molar-refractivity contribution in [1.29, 1.82) is 0 Å². The van der Waals surface area contributed by atoms with E-state index >= 15 is 0 Å². The van der Waals surface area contributed by atoms with Gasteiger partial charge in [0.25, 0.3) is 0 Å². The van der Waals surface area contributed by atoms with E-state index in [1.807, 2.05) is 6.92 Å². The van der Waals surface area contributed by atoms with Crippen LogP contribution in [0.15, 0.2) is 24.3 Å². The molecule has 0 aliphatic carbocycles. The Hall–Kier alpha value is -1.46. The first-order valence-electron chi connectivity index (χ1n) is 7.03. The number of nitrogens with zero attached hydrogens (tertiary/aromatic N) is 1. The maximum absolute atomic E-state index is 13.1. The highest BCUT2D eigenvalue weighted by atomic mass is 19.1. The molecule has 3 unspecified atom stereocenters. The van der Waals surface area contributed by atoms with Gasteiger partial charge in [-0.15, -0.1) is 0 Å². The summed E-state index contributed by atoms with van der Waals surface area (Å²) in [5, 5.41) is 0. The first kappa shape index (κ1) is 14.9. The molecule has 0 spiro atoms. The lowest BCUT2D eigenvalue weighted by atomic mass is 9.92. The fraction of sp³-hybridized carbons (Fsp3) is 0.533. The number of hydrogen-bond donors (Lipinski definition) is 2. The lowest BCUT2D eigenvalue weighted by Gasteiger charge is -2.39. The predicted molar refractivity (Wildman–Crippen MR) is 76.3 cm³/mol. The van der Waals surface area contributed by atoms with Gasteiger partial charge in [0, 0.05) is 18.6 Å². The molecule has 1 fully saturated rings. The Morgan fingerprint density at radius 3 is 2.60 bits per heavy atom. The highest BCUT2D eigenvalue weighted by Crippen LogP contribution is 2.29. The van der Waals surface area contributed by atoms with Crippen LogP contribution in [0, 0.1) is 11.7 Å². The van der Waals surface area contributed by atoms with Crippen molar-refractivity contribution in [2.45, 2.75) is 31.8 Å². The molecule has 4 N–H and O–H groups in total. The third-order valence-electron chi connectivity index (χ3n) is 3.96. The molecule has 1 heterocycles. The Balaban J connectivity index is 2.20. The number of halogens is 1. The van der Waals surface area contributed by atoms with Crippen LogP contribution in [-0.4, -0.2) is 29.9 Å². The first-order valence-corrected chi connectivity index (χ1v) is 7.03. The molecule has 3 atom stereocenters. The number of rotatable bonds is 4. The number of piperidine rings is 1. The molecule has 0 aromatic heterocycles. The molecule has 1 aromatic carbocycles. The summed E-state index contributed by atoms with van der Waals surface area (Å²) in [6.45, 7) is 3.44. The van der Waals surface area contributed by atoms with E-state index in [4.69, 9.17) is 11.5 Å². The Labute approximate surface area is 118 Å². The van der Waals surface area contributed by atoms with Gasteiger partial charge in [0.2, 0.25) is 5.91 Å². The summed E-state index contributed by atoms with van der Waals surface area (Å²) >= 11 is 0. The quantitative estimate of drug-likeness (QED) is 0.875. The molecular weight excluding hydrogens is 257 g/mol. The number of nitrogens with two attached hydrogens (primary N) is 2. The topological polar surface area (TPSA) is 72.3 Å². The van der Waals surface area contributed by atoms with Crippen molar-refractivity contribution in [3.05, 3.63) is 35.6 Å². The van der Waals surface area contributed by atoms with E-state index in [-0.39, 0.29) is 29.7 Å². The lowest BCUT2D eigenvalue weighted by Crippen LogP contribution is -2.47. The van der Waals surface area contributed by atoms with Crippen LogP contribution in [0.4, 0.5) is 4.39 Å². The lowest BCUT2D eigenvalue weighted by molar-refractivity contribution is -0.123. The van der Waals surface area contributed by atoms with Crippen LogP contribution in [-0.2, 0) is 4.79 Å². The van der Waals surface area contributed by atoms with E-state index in [0.717, 1.165) is 24.9 Å². The van der Waals surface area contributed by atoms with Gasteiger partial charge in [-0.2, -0.15) is 0 Å². The van der Waals surface area contributed by atoms with E-state index in [2.05, 4.69) is 4.90 Å². The smallest absolute Gasteiger partial charge is 0.221 e. The third kappa shape index (κ3) is 3.35. The summed E-state index contributed by atoms with van der Waals surface area (Å²) in [5.41, 5.74) is 12.5. The van der Waals surface area contributed by atoms with Crippen molar-refractivity contribution in [3.8, 4) is 0 Å². The van der Waals surface area contributed by atoms with E-state index in [9.17, 15) is 9.18 Å². The zero-order valence-corrected chi connectivity index (χ0v) is 11.8. The molecule has 110 valence electrons. The van der Waals surface area contributed by atoms with Crippen molar-refractivity contribution < 1.29 is 9.18 Å². The molecule has 5 heteroatoms. The normalized spacial score (nSPS) is 23.2. The summed E-state index contributed by atoms with van der Waals surface area (Å²) < 4.78 is 13.1.